The molecule has 0 bridgehead atoms. The second kappa shape index (κ2) is 16.9. The van der Waals surface area contributed by atoms with Gasteiger partial charge in [-0.3, -0.25) is 0 Å². The van der Waals surface area contributed by atoms with Crippen molar-refractivity contribution in [3.63, 3.8) is 0 Å². The Morgan fingerprint density at radius 1 is 0.732 bits per heavy atom. The summed E-state index contributed by atoms with van der Waals surface area (Å²) in [6.45, 7) is 3.28. The molecule has 1 nitrogen and oxygen atoms in total. The van der Waals surface area contributed by atoms with E-state index in [-0.39, 0.29) is 25.0 Å². The molecule has 6 rings (SSSR count). The molecule has 0 radical (unpaired) electrons. The van der Waals surface area contributed by atoms with Gasteiger partial charge in [0.25, 0.3) is 0 Å². The third kappa shape index (κ3) is 8.53. The van der Waals surface area contributed by atoms with Crippen LogP contribution in [0.25, 0.3) is 0 Å². The van der Waals surface area contributed by atoms with Crippen molar-refractivity contribution in [3.05, 3.63) is 114 Å². The average Bonchev–Trinajstić information content (AvgIpc) is 3.73. The quantitative estimate of drug-likeness (QED) is 0.118. The third-order valence-electron chi connectivity index (χ3n) is 8.95. The van der Waals surface area contributed by atoms with Crippen molar-refractivity contribution < 1.29 is 17.1 Å². The average molecular weight is 624 g/mol. The Morgan fingerprint density at radius 3 is 1.66 bits per heavy atom. The Hall–Kier alpha value is -1.52. The smallest absolute Gasteiger partial charge is 0 e. The molecule has 0 aliphatic heterocycles. The molecule has 0 saturated heterocycles. The summed E-state index contributed by atoms with van der Waals surface area (Å²) in [5.41, 5.74) is 10.9. The maximum absolute atomic E-state index is 5.29. The van der Waals surface area contributed by atoms with Crippen LogP contribution in [-0.2, 0) is 23.6 Å². The molecule has 0 spiro atoms. The molecule has 0 aromatic heterocycles. The topological polar surface area (TPSA) is 26.0 Å². The number of hydrogen-bond donors (Lipinski definition) is 1. The van der Waals surface area contributed by atoms with Gasteiger partial charge in [0.2, 0.25) is 0 Å². The summed E-state index contributed by atoms with van der Waals surface area (Å²) in [5.74, 6) is 0. The van der Waals surface area contributed by atoms with Crippen molar-refractivity contribution in [2.24, 2.45) is 5.73 Å². The number of rotatable bonds is 8. The van der Waals surface area contributed by atoms with E-state index in [1.165, 1.54) is 80.4 Å². The van der Waals surface area contributed by atoms with Crippen LogP contribution in [0, 0.1) is 0 Å². The Bertz CT molecular complexity index is 1170. The first-order valence-electron chi connectivity index (χ1n) is 15.6. The first-order valence-corrected chi connectivity index (χ1v) is 18.5. The van der Waals surface area contributed by atoms with E-state index in [2.05, 4.69) is 85.8 Å². The van der Waals surface area contributed by atoms with Crippen molar-refractivity contribution in [1.82, 2.24) is 0 Å². The molecule has 2 fully saturated rings. The van der Waals surface area contributed by atoms with Crippen LogP contribution in [0.4, 0.5) is 0 Å². The van der Waals surface area contributed by atoms with Gasteiger partial charge < -0.3 is 35.6 Å². The second-order valence-electron chi connectivity index (χ2n) is 11.6. The summed E-state index contributed by atoms with van der Waals surface area (Å²) < 4.78 is 0. The molecule has 2 aliphatic carbocycles. The van der Waals surface area contributed by atoms with Gasteiger partial charge in [0.1, 0.15) is 0 Å². The van der Waals surface area contributed by atoms with Crippen molar-refractivity contribution in [3.8, 4) is 0 Å². The standard InChI is InChI=1S/C31H39P2.C6H8N.Fe/c1-25(32(26-15-6-2-7-16-26)27-17-8-3-9-18-27)30-23-14-24-31(30)33(28-19-10-4-11-20-28)29-21-12-5-13-22-29;7-5-6-3-1-2-4-6;/h4-5,10-14,19-27H,2-3,6-9,15-18H2,1H3;1-4H,5,7H2;/q-1;-5;. The van der Waals surface area contributed by atoms with Crippen LogP contribution >= 0.6 is 15.8 Å². The summed E-state index contributed by atoms with van der Waals surface area (Å²) in [6.07, 6.45) is 14.8. The molecule has 2 aliphatic rings. The van der Waals surface area contributed by atoms with Crippen molar-refractivity contribution in [2.75, 3.05) is 0 Å². The van der Waals surface area contributed by atoms with E-state index >= 15 is 0 Å². The fourth-order valence-corrected chi connectivity index (χ4v) is 14.0. The van der Waals surface area contributed by atoms with Gasteiger partial charge in [-0.15, -0.1) is 18.8 Å². The fourth-order valence-electron chi connectivity index (χ4n) is 6.96. The molecular weight excluding hydrogens is 576 g/mol. The van der Waals surface area contributed by atoms with Crippen LogP contribution in [0.15, 0.2) is 103 Å². The van der Waals surface area contributed by atoms with E-state index in [1.807, 2.05) is 24.3 Å². The predicted molar refractivity (Wildman–Crippen MR) is 180 cm³/mol. The summed E-state index contributed by atoms with van der Waals surface area (Å²) >= 11 is 0. The van der Waals surface area contributed by atoms with Gasteiger partial charge in [-0.2, -0.15) is 12.6 Å². The Balaban J connectivity index is 0.000000425. The number of nitrogens with two attached hydrogens (primary N) is 1. The van der Waals surface area contributed by atoms with E-state index in [0.717, 1.165) is 11.3 Å². The molecule has 4 heteroatoms. The normalized spacial score (nSPS) is 17.1. The van der Waals surface area contributed by atoms with E-state index < -0.39 is 7.92 Å². The first-order chi connectivity index (χ1) is 19.8. The second-order valence-corrected chi connectivity index (χ2v) is 16.9. The van der Waals surface area contributed by atoms with Gasteiger partial charge >= 0.3 is 0 Å². The maximum Gasteiger partial charge on any atom is 0 e. The minimum absolute atomic E-state index is 0. The maximum atomic E-state index is 5.29. The molecule has 4 aromatic rings. The molecule has 2 N–H and O–H groups in total. The van der Waals surface area contributed by atoms with Crippen LogP contribution in [0.2, 0.25) is 0 Å². The van der Waals surface area contributed by atoms with Gasteiger partial charge in [-0.25, -0.2) is 12.1 Å². The molecule has 0 amide bonds. The molecule has 1 atom stereocenters. The fraction of sp³-hybridized carbons (Fsp3) is 0.405. The van der Waals surface area contributed by atoms with E-state index in [9.17, 15) is 0 Å². The van der Waals surface area contributed by atoms with Gasteiger partial charge in [0.15, 0.2) is 0 Å². The predicted octanol–water partition coefficient (Wildman–Crippen LogP) is 9.23. The largest absolute Gasteiger partial charge is 0.748 e. The van der Waals surface area contributed by atoms with Gasteiger partial charge in [0, 0.05) is 17.1 Å². The molecular formula is C37H47FeNP2-6. The van der Waals surface area contributed by atoms with E-state index in [4.69, 9.17) is 5.73 Å². The Labute approximate surface area is 262 Å². The van der Waals surface area contributed by atoms with Crippen LogP contribution < -0.4 is 21.6 Å². The van der Waals surface area contributed by atoms with Crippen LogP contribution in [0.1, 0.15) is 87.9 Å². The van der Waals surface area contributed by atoms with Crippen LogP contribution in [0.5, 0.6) is 0 Å². The molecule has 4 aromatic carbocycles. The summed E-state index contributed by atoms with van der Waals surface area (Å²) in [5, 5.41) is 4.59. The summed E-state index contributed by atoms with van der Waals surface area (Å²) in [6, 6.07) is 37.9. The third-order valence-corrected chi connectivity index (χ3v) is 15.4. The summed E-state index contributed by atoms with van der Waals surface area (Å²) in [7, 11) is -0.489. The zero-order chi connectivity index (χ0) is 27.6. The Morgan fingerprint density at radius 2 is 1.22 bits per heavy atom. The Kier molecular flexibility index (Phi) is 13.4. The summed E-state index contributed by atoms with van der Waals surface area (Å²) in [4.78, 5) is 0. The monoisotopic (exact) mass is 623 g/mol. The van der Waals surface area contributed by atoms with Crippen LogP contribution in [0.3, 0.4) is 0 Å². The first kappa shape index (κ1) is 32.4. The van der Waals surface area contributed by atoms with Crippen molar-refractivity contribution in [2.45, 2.75) is 94.7 Å². The van der Waals surface area contributed by atoms with Crippen molar-refractivity contribution >= 4 is 31.8 Å². The number of hydrogen-bond acceptors (Lipinski definition) is 1. The van der Waals surface area contributed by atoms with E-state index in [1.54, 1.807) is 10.9 Å². The molecule has 224 valence electrons. The molecule has 0 heterocycles. The molecule has 1 unspecified atom stereocenters. The molecule has 2 saturated carbocycles. The minimum atomic E-state index is -0.511. The minimum Gasteiger partial charge on any atom is -0.748 e. The molecule has 41 heavy (non-hydrogen) atoms. The van der Waals surface area contributed by atoms with Gasteiger partial charge in [-0.1, -0.05) is 106 Å². The van der Waals surface area contributed by atoms with Gasteiger partial charge in [-0.05, 0) is 61.2 Å². The van der Waals surface area contributed by atoms with Crippen molar-refractivity contribution in [1.29, 1.82) is 0 Å². The number of benzene rings is 2. The van der Waals surface area contributed by atoms with E-state index in [0.29, 0.717) is 12.2 Å². The zero-order valence-corrected chi connectivity index (χ0v) is 27.5. The van der Waals surface area contributed by atoms with Crippen LogP contribution in [-0.4, -0.2) is 11.3 Å². The zero-order valence-electron chi connectivity index (χ0n) is 24.7. The SMILES string of the molecule is CC([c-]1cccc1P(c1ccccc1)c1ccccc1)P(C1CCCCC1)C1CCCCC1.NC[c-]1[cH-][cH-][cH-][cH-]1.[Fe]. The van der Waals surface area contributed by atoms with Gasteiger partial charge in [0.05, 0.1) is 0 Å².